The van der Waals surface area contributed by atoms with Crippen molar-refractivity contribution in [2.75, 3.05) is 30.3 Å². The van der Waals surface area contributed by atoms with E-state index in [2.05, 4.69) is 48.5 Å². The summed E-state index contributed by atoms with van der Waals surface area (Å²) in [7, 11) is 0. The highest BCUT2D eigenvalue weighted by molar-refractivity contribution is 7.80. The van der Waals surface area contributed by atoms with Gasteiger partial charge in [0.25, 0.3) is 0 Å². The van der Waals surface area contributed by atoms with Crippen molar-refractivity contribution in [3.63, 3.8) is 0 Å². The fourth-order valence-corrected chi connectivity index (χ4v) is 2.93. The van der Waals surface area contributed by atoms with Crippen molar-refractivity contribution in [3.8, 4) is 0 Å². The average molecular weight is 379 g/mol. The lowest BCUT2D eigenvalue weighted by atomic mass is 9.97. The Bertz CT molecular complexity index is 289. The molecule has 0 rings (SSSR count). The van der Waals surface area contributed by atoms with Crippen LogP contribution in [0, 0.1) is 0 Å². The maximum Gasteiger partial charge on any atom is 0.170 e. The summed E-state index contributed by atoms with van der Waals surface area (Å²) in [4.78, 5) is 0. The SMILES string of the molecule is CCC[C@](F)(CS)NC[C@](F)(CS)CC[C@](F)(CS)NCC. The number of alkyl halides is 3. The van der Waals surface area contributed by atoms with Crippen LogP contribution in [0.25, 0.3) is 0 Å². The van der Waals surface area contributed by atoms with Crippen molar-refractivity contribution in [1.29, 1.82) is 0 Å². The number of hydrogen-bond acceptors (Lipinski definition) is 5. The van der Waals surface area contributed by atoms with Crippen LogP contribution in [0.1, 0.15) is 39.5 Å². The second-order valence-corrected chi connectivity index (χ2v) is 6.64. The van der Waals surface area contributed by atoms with Gasteiger partial charge in [-0.2, -0.15) is 37.9 Å². The Balaban J connectivity index is 4.63. The lowest BCUT2D eigenvalue weighted by Gasteiger charge is -2.33. The van der Waals surface area contributed by atoms with Gasteiger partial charge < -0.3 is 0 Å². The highest BCUT2D eigenvalue weighted by atomic mass is 32.1. The molecule has 22 heavy (non-hydrogen) atoms. The molecule has 0 amide bonds. The average Bonchev–Trinajstić information content (AvgIpc) is 2.52. The third kappa shape index (κ3) is 8.04. The van der Waals surface area contributed by atoms with Gasteiger partial charge in [-0.1, -0.05) is 20.3 Å². The van der Waals surface area contributed by atoms with Crippen LogP contribution >= 0.6 is 37.9 Å². The van der Waals surface area contributed by atoms with E-state index in [9.17, 15) is 13.2 Å². The summed E-state index contributed by atoms with van der Waals surface area (Å²) >= 11 is 12.0. The number of nitrogens with one attached hydrogen (secondary N) is 2. The first-order valence-electron chi connectivity index (χ1n) is 7.61. The van der Waals surface area contributed by atoms with Crippen LogP contribution in [0.15, 0.2) is 0 Å². The third-order valence-corrected chi connectivity index (χ3v) is 5.19. The smallest absolute Gasteiger partial charge is 0.170 e. The van der Waals surface area contributed by atoms with Gasteiger partial charge in [0.15, 0.2) is 11.6 Å². The summed E-state index contributed by atoms with van der Waals surface area (Å²) in [5.41, 5.74) is -1.78. The second-order valence-electron chi connectivity index (χ2n) is 5.69. The predicted octanol–water partition coefficient (Wildman–Crippen LogP) is 3.60. The Morgan fingerprint density at radius 2 is 1.32 bits per heavy atom. The number of rotatable bonds is 13. The van der Waals surface area contributed by atoms with Gasteiger partial charge in [0, 0.05) is 23.8 Å². The Morgan fingerprint density at radius 3 is 1.73 bits per heavy atom. The molecule has 0 unspecified atom stereocenters. The molecule has 0 heterocycles. The molecule has 0 aromatic rings. The minimum atomic E-state index is -1.78. The molecular formula is C14H29F3N2S3. The molecule has 0 aliphatic heterocycles. The van der Waals surface area contributed by atoms with Crippen LogP contribution in [0.4, 0.5) is 13.2 Å². The van der Waals surface area contributed by atoms with Gasteiger partial charge in [-0.25, -0.2) is 13.2 Å². The zero-order valence-corrected chi connectivity index (χ0v) is 16.0. The Hall–Kier alpha value is 0.760. The molecule has 134 valence electrons. The van der Waals surface area contributed by atoms with Crippen LogP contribution in [0.2, 0.25) is 0 Å². The van der Waals surface area contributed by atoms with Gasteiger partial charge in [-0.15, -0.1) is 0 Å². The van der Waals surface area contributed by atoms with Crippen LogP contribution in [-0.4, -0.2) is 47.6 Å². The van der Waals surface area contributed by atoms with Crippen molar-refractivity contribution in [2.45, 2.75) is 56.8 Å². The van der Waals surface area contributed by atoms with Gasteiger partial charge in [0.05, 0.1) is 0 Å². The van der Waals surface area contributed by atoms with E-state index in [-0.39, 0.29) is 43.1 Å². The number of thiol groups is 3. The van der Waals surface area contributed by atoms with E-state index in [0.29, 0.717) is 13.0 Å². The summed E-state index contributed by atoms with van der Waals surface area (Å²) < 4.78 is 43.5. The van der Waals surface area contributed by atoms with Gasteiger partial charge in [-0.05, 0) is 25.8 Å². The van der Waals surface area contributed by atoms with Crippen molar-refractivity contribution in [1.82, 2.24) is 10.6 Å². The van der Waals surface area contributed by atoms with Gasteiger partial charge in [0.1, 0.15) is 5.67 Å². The van der Waals surface area contributed by atoms with Crippen molar-refractivity contribution < 1.29 is 13.2 Å². The first kappa shape index (κ1) is 22.8. The monoisotopic (exact) mass is 378 g/mol. The van der Waals surface area contributed by atoms with Crippen molar-refractivity contribution in [2.24, 2.45) is 0 Å². The molecule has 0 aliphatic rings. The Morgan fingerprint density at radius 1 is 0.773 bits per heavy atom. The lowest BCUT2D eigenvalue weighted by Crippen LogP contribution is -2.51. The molecule has 0 radical (unpaired) electrons. The molecule has 0 saturated heterocycles. The third-order valence-electron chi connectivity index (χ3n) is 3.62. The summed E-state index contributed by atoms with van der Waals surface area (Å²) in [5.74, 6) is -3.63. The molecule has 0 spiro atoms. The van der Waals surface area contributed by atoms with E-state index < -0.39 is 17.3 Å². The van der Waals surface area contributed by atoms with Gasteiger partial charge in [0.2, 0.25) is 0 Å². The second kappa shape index (κ2) is 10.6. The van der Waals surface area contributed by atoms with E-state index in [1.165, 1.54) is 0 Å². The minimum absolute atomic E-state index is 0.0371. The molecule has 0 fully saturated rings. The fourth-order valence-electron chi connectivity index (χ4n) is 2.12. The van der Waals surface area contributed by atoms with Gasteiger partial charge >= 0.3 is 0 Å². The standard InChI is InChI=1S/C14H29F3N2S3/c1-3-5-13(16,10-21)19-8-12(15,9-20)6-7-14(17,11-22)18-4-2/h18-22H,3-11H2,1-2H3/t12-,13+,14+/m0/s1. The molecular weight excluding hydrogens is 349 g/mol. The van der Waals surface area contributed by atoms with Crippen molar-refractivity contribution >= 4 is 37.9 Å². The summed E-state index contributed by atoms with van der Waals surface area (Å²) in [6, 6.07) is 0. The Kier molecular flexibility index (Phi) is 11.0. The molecule has 0 aromatic carbocycles. The molecule has 0 bridgehead atoms. The summed E-state index contributed by atoms with van der Waals surface area (Å²) in [6.45, 7) is 3.83. The maximum atomic E-state index is 14.8. The molecule has 0 aromatic heterocycles. The van der Waals surface area contributed by atoms with Crippen LogP contribution in [0.3, 0.4) is 0 Å². The topological polar surface area (TPSA) is 24.1 Å². The van der Waals surface area contributed by atoms with Gasteiger partial charge in [-0.3, -0.25) is 10.6 Å². The first-order valence-corrected chi connectivity index (χ1v) is 9.51. The lowest BCUT2D eigenvalue weighted by molar-refractivity contribution is 0.0643. The number of halogens is 3. The summed E-state index contributed by atoms with van der Waals surface area (Å²) in [6.07, 6.45) is 0.761. The molecule has 0 saturated carbocycles. The molecule has 2 N–H and O–H groups in total. The zero-order chi connectivity index (χ0) is 17.3. The quantitative estimate of drug-likeness (QED) is 0.250. The van der Waals surface area contributed by atoms with E-state index in [1.54, 1.807) is 6.92 Å². The van der Waals surface area contributed by atoms with E-state index >= 15 is 0 Å². The molecule has 0 aliphatic carbocycles. The molecule has 8 heteroatoms. The van der Waals surface area contributed by atoms with Crippen LogP contribution < -0.4 is 10.6 Å². The van der Waals surface area contributed by atoms with E-state index in [1.807, 2.05) is 6.92 Å². The highest BCUT2D eigenvalue weighted by Crippen LogP contribution is 2.27. The molecule has 3 atom stereocenters. The zero-order valence-electron chi connectivity index (χ0n) is 13.3. The van der Waals surface area contributed by atoms with Crippen LogP contribution in [-0.2, 0) is 0 Å². The maximum absolute atomic E-state index is 14.8. The summed E-state index contributed by atoms with van der Waals surface area (Å²) in [5, 5.41) is 5.26. The largest absolute Gasteiger partial charge is 0.285 e. The van der Waals surface area contributed by atoms with E-state index in [4.69, 9.17) is 0 Å². The van der Waals surface area contributed by atoms with Crippen LogP contribution in [0.5, 0.6) is 0 Å². The predicted molar refractivity (Wildman–Crippen MR) is 98.9 cm³/mol. The Labute approximate surface area is 149 Å². The van der Waals surface area contributed by atoms with E-state index in [0.717, 1.165) is 0 Å². The first-order chi connectivity index (χ1) is 10.2. The fraction of sp³-hybridized carbons (Fsp3) is 1.00. The number of hydrogen-bond donors (Lipinski definition) is 5. The minimum Gasteiger partial charge on any atom is -0.285 e. The molecule has 2 nitrogen and oxygen atoms in total. The van der Waals surface area contributed by atoms with Crippen molar-refractivity contribution in [3.05, 3.63) is 0 Å². The highest BCUT2D eigenvalue weighted by Gasteiger charge is 2.37. The normalized spacial score (nSPS) is 20.2.